The molecular weight excluding hydrogens is 380 g/mol. The standard InChI is InChI=1S/C23H26N4O3/c1-15-2-5-18(6-3-15)26-23(30)16-4-11-20(24-14-16)25-17-7-9-19(10-8-17)27-21(28)12-13-22(27)29/h2-6,11,14,17,19H,7-10,12-13H2,1H3,(H,24,25)(H,26,30). The molecule has 3 amide bonds. The predicted octanol–water partition coefficient (Wildman–Crippen LogP) is 3.51. The summed E-state index contributed by atoms with van der Waals surface area (Å²) in [5.41, 5.74) is 2.38. The number of anilines is 2. The molecular formula is C23H26N4O3. The molecule has 1 saturated heterocycles. The minimum atomic E-state index is -0.196. The lowest BCUT2D eigenvalue weighted by Crippen LogP contribution is -2.43. The summed E-state index contributed by atoms with van der Waals surface area (Å²) in [7, 11) is 0. The van der Waals surface area contributed by atoms with Crippen LogP contribution in [-0.2, 0) is 9.59 Å². The van der Waals surface area contributed by atoms with Crippen molar-refractivity contribution in [3.05, 3.63) is 53.7 Å². The number of imide groups is 1. The van der Waals surface area contributed by atoms with Crippen LogP contribution in [0.1, 0.15) is 54.4 Å². The Morgan fingerprint density at radius 2 is 1.63 bits per heavy atom. The highest BCUT2D eigenvalue weighted by Crippen LogP contribution is 2.28. The molecule has 4 rings (SSSR count). The van der Waals surface area contributed by atoms with Gasteiger partial charge in [-0.3, -0.25) is 19.3 Å². The van der Waals surface area contributed by atoms with Gasteiger partial charge in [0.25, 0.3) is 5.91 Å². The minimum absolute atomic E-state index is 0.0300. The van der Waals surface area contributed by atoms with Crippen LogP contribution >= 0.6 is 0 Å². The van der Waals surface area contributed by atoms with Crippen molar-refractivity contribution in [3.63, 3.8) is 0 Å². The summed E-state index contributed by atoms with van der Waals surface area (Å²) in [5.74, 6) is 0.465. The van der Waals surface area contributed by atoms with Crippen molar-refractivity contribution in [2.45, 2.75) is 57.5 Å². The molecule has 0 radical (unpaired) electrons. The molecule has 2 fully saturated rings. The number of hydrogen-bond donors (Lipinski definition) is 2. The van der Waals surface area contributed by atoms with E-state index >= 15 is 0 Å². The summed E-state index contributed by atoms with van der Waals surface area (Å²) in [6.07, 6.45) is 5.64. The first-order valence-electron chi connectivity index (χ1n) is 10.4. The number of nitrogens with one attached hydrogen (secondary N) is 2. The largest absolute Gasteiger partial charge is 0.367 e. The first-order chi connectivity index (χ1) is 14.5. The van der Waals surface area contributed by atoms with Gasteiger partial charge in [-0.1, -0.05) is 17.7 Å². The molecule has 2 heterocycles. The van der Waals surface area contributed by atoms with E-state index in [1.165, 1.54) is 4.90 Å². The minimum Gasteiger partial charge on any atom is -0.367 e. The van der Waals surface area contributed by atoms with Crippen LogP contribution in [-0.4, -0.2) is 39.7 Å². The van der Waals surface area contributed by atoms with Crippen LogP contribution in [0.25, 0.3) is 0 Å². The zero-order chi connectivity index (χ0) is 21.1. The number of nitrogens with zero attached hydrogens (tertiary/aromatic N) is 2. The first-order valence-corrected chi connectivity index (χ1v) is 10.4. The topological polar surface area (TPSA) is 91.4 Å². The molecule has 1 saturated carbocycles. The van der Waals surface area contributed by atoms with E-state index in [0.29, 0.717) is 18.4 Å². The number of aromatic nitrogens is 1. The van der Waals surface area contributed by atoms with Crippen molar-refractivity contribution in [2.24, 2.45) is 0 Å². The van der Waals surface area contributed by atoms with Crippen molar-refractivity contribution >= 4 is 29.2 Å². The second-order valence-corrected chi connectivity index (χ2v) is 8.06. The molecule has 2 aliphatic rings. The molecule has 0 atom stereocenters. The van der Waals surface area contributed by atoms with Crippen LogP contribution in [0, 0.1) is 6.92 Å². The molecule has 1 aromatic carbocycles. The third-order valence-electron chi connectivity index (χ3n) is 5.84. The Hall–Kier alpha value is -3.22. The normalized spacial score (nSPS) is 21.6. The van der Waals surface area contributed by atoms with E-state index in [0.717, 1.165) is 42.8 Å². The van der Waals surface area contributed by atoms with Crippen molar-refractivity contribution < 1.29 is 14.4 Å². The maximum absolute atomic E-state index is 12.4. The Labute approximate surface area is 175 Å². The second-order valence-electron chi connectivity index (χ2n) is 8.06. The average molecular weight is 406 g/mol. The zero-order valence-corrected chi connectivity index (χ0v) is 17.1. The van der Waals surface area contributed by atoms with Gasteiger partial charge in [0.2, 0.25) is 11.8 Å². The van der Waals surface area contributed by atoms with Gasteiger partial charge in [0.15, 0.2) is 0 Å². The van der Waals surface area contributed by atoms with E-state index in [1.54, 1.807) is 12.3 Å². The molecule has 2 aromatic rings. The van der Waals surface area contributed by atoms with E-state index in [1.807, 2.05) is 37.3 Å². The van der Waals surface area contributed by atoms with E-state index in [4.69, 9.17) is 0 Å². The number of hydrogen-bond acceptors (Lipinski definition) is 5. The molecule has 2 N–H and O–H groups in total. The Balaban J connectivity index is 1.29. The van der Waals surface area contributed by atoms with Gasteiger partial charge in [0.1, 0.15) is 5.82 Å². The molecule has 7 heteroatoms. The fourth-order valence-corrected chi connectivity index (χ4v) is 4.14. The summed E-state index contributed by atoms with van der Waals surface area (Å²) in [4.78, 5) is 42.1. The monoisotopic (exact) mass is 406 g/mol. The van der Waals surface area contributed by atoms with E-state index in [-0.39, 0.29) is 29.8 Å². The number of rotatable bonds is 5. The molecule has 1 aromatic heterocycles. The Morgan fingerprint density at radius 3 is 2.23 bits per heavy atom. The van der Waals surface area contributed by atoms with Crippen LogP contribution < -0.4 is 10.6 Å². The molecule has 0 bridgehead atoms. The lowest BCUT2D eigenvalue weighted by atomic mass is 9.90. The molecule has 1 aliphatic carbocycles. The number of likely N-dealkylation sites (tertiary alicyclic amines) is 1. The van der Waals surface area contributed by atoms with Gasteiger partial charge >= 0.3 is 0 Å². The van der Waals surface area contributed by atoms with Gasteiger partial charge in [-0.25, -0.2) is 4.98 Å². The lowest BCUT2D eigenvalue weighted by Gasteiger charge is -2.34. The Morgan fingerprint density at radius 1 is 0.967 bits per heavy atom. The average Bonchev–Trinajstić information content (AvgIpc) is 3.09. The van der Waals surface area contributed by atoms with Gasteiger partial charge in [-0.2, -0.15) is 0 Å². The van der Waals surface area contributed by atoms with E-state index in [2.05, 4.69) is 15.6 Å². The zero-order valence-electron chi connectivity index (χ0n) is 17.1. The van der Waals surface area contributed by atoms with Crippen molar-refractivity contribution in [3.8, 4) is 0 Å². The van der Waals surface area contributed by atoms with Crippen molar-refractivity contribution in [1.82, 2.24) is 9.88 Å². The second kappa shape index (κ2) is 8.65. The molecule has 0 spiro atoms. The predicted molar refractivity (Wildman–Crippen MR) is 114 cm³/mol. The smallest absolute Gasteiger partial charge is 0.257 e. The summed E-state index contributed by atoms with van der Waals surface area (Å²) in [5, 5.41) is 6.27. The molecule has 0 unspecified atom stereocenters. The number of pyridine rings is 1. The number of aryl methyl sites for hydroxylation is 1. The third-order valence-corrected chi connectivity index (χ3v) is 5.84. The van der Waals surface area contributed by atoms with Gasteiger partial charge in [0.05, 0.1) is 5.56 Å². The molecule has 156 valence electrons. The molecule has 1 aliphatic heterocycles. The van der Waals surface area contributed by atoms with Crippen LogP contribution in [0.4, 0.5) is 11.5 Å². The fraction of sp³-hybridized carbons (Fsp3) is 0.391. The molecule has 30 heavy (non-hydrogen) atoms. The maximum atomic E-state index is 12.4. The van der Waals surface area contributed by atoms with Gasteiger partial charge in [-0.05, 0) is 56.9 Å². The highest BCUT2D eigenvalue weighted by Gasteiger charge is 2.36. The van der Waals surface area contributed by atoms with E-state index in [9.17, 15) is 14.4 Å². The lowest BCUT2D eigenvalue weighted by molar-refractivity contribution is -0.141. The summed E-state index contributed by atoms with van der Waals surface area (Å²) in [6.45, 7) is 2.00. The van der Waals surface area contributed by atoms with E-state index < -0.39 is 0 Å². The maximum Gasteiger partial charge on any atom is 0.257 e. The van der Waals surface area contributed by atoms with Crippen LogP contribution in [0.15, 0.2) is 42.6 Å². The number of carbonyl (C=O) groups is 3. The SMILES string of the molecule is Cc1ccc(NC(=O)c2ccc(NC3CCC(N4C(=O)CCC4=O)CC3)nc2)cc1. The van der Waals surface area contributed by atoms with Crippen LogP contribution in [0.2, 0.25) is 0 Å². The first kappa shape index (κ1) is 20.1. The summed E-state index contributed by atoms with van der Waals surface area (Å²) < 4.78 is 0. The third kappa shape index (κ3) is 4.50. The summed E-state index contributed by atoms with van der Waals surface area (Å²) in [6, 6.07) is 11.5. The Bertz CT molecular complexity index is 916. The van der Waals surface area contributed by atoms with Crippen LogP contribution in [0.3, 0.4) is 0 Å². The number of carbonyl (C=O) groups excluding carboxylic acids is 3. The Kier molecular flexibility index (Phi) is 5.79. The van der Waals surface area contributed by atoms with Crippen molar-refractivity contribution in [1.29, 1.82) is 0 Å². The quantitative estimate of drug-likeness (QED) is 0.742. The van der Waals surface area contributed by atoms with Crippen molar-refractivity contribution in [2.75, 3.05) is 10.6 Å². The fourth-order valence-electron chi connectivity index (χ4n) is 4.14. The van der Waals surface area contributed by atoms with Gasteiger partial charge < -0.3 is 10.6 Å². The van der Waals surface area contributed by atoms with Crippen LogP contribution in [0.5, 0.6) is 0 Å². The number of benzene rings is 1. The number of amides is 3. The summed E-state index contributed by atoms with van der Waals surface area (Å²) >= 11 is 0. The van der Waals surface area contributed by atoms with Gasteiger partial charge in [-0.15, -0.1) is 0 Å². The highest BCUT2D eigenvalue weighted by atomic mass is 16.2. The van der Waals surface area contributed by atoms with Gasteiger partial charge in [0, 0.05) is 36.8 Å². The highest BCUT2D eigenvalue weighted by molar-refractivity contribution is 6.04. The molecule has 7 nitrogen and oxygen atoms in total.